The third kappa shape index (κ3) is 1.28. The van der Waals surface area contributed by atoms with Gasteiger partial charge >= 0.3 is 5.97 Å². The Hall–Kier alpha value is -1.05. The van der Waals surface area contributed by atoms with E-state index in [0.717, 1.165) is 0 Å². The number of nitrogens with two attached hydrogens (primary N) is 1. The van der Waals surface area contributed by atoms with Crippen LogP contribution < -0.4 is 11.1 Å². The van der Waals surface area contributed by atoms with Crippen LogP contribution in [0.3, 0.4) is 0 Å². The Kier molecular flexibility index (Phi) is 2.57. The van der Waals surface area contributed by atoms with Crippen molar-refractivity contribution >= 4 is 5.96 Å². The number of aliphatic imine (C=N–C) groups is 1. The maximum Gasteiger partial charge on any atom is 0.311 e. The minimum Gasteiger partial charge on any atom is -0.393 e. The maximum absolute atomic E-state index is 10.6. The zero-order valence-electron chi connectivity index (χ0n) is 11.2. The van der Waals surface area contributed by atoms with Gasteiger partial charge in [-0.25, -0.2) is 4.99 Å². The summed E-state index contributed by atoms with van der Waals surface area (Å²) < 4.78 is 10.3. The fraction of sp³-hybridized carbons (Fsp3) is 0.909. The highest BCUT2D eigenvalue weighted by Gasteiger charge is 2.82. The number of aliphatic hydroxyl groups excluding tert-OH is 4. The Bertz CT molecular complexity index is 561. The number of rotatable bonds is 1. The van der Waals surface area contributed by atoms with E-state index < -0.39 is 60.3 Å². The van der Waals surface area contributed by atoms with Gasteiger partial charge in [0, 0.05) is 0 Å². The van der Waals surface area contributed by atoms with E-state index in [2.05, 4.69) is 10.3 Å². The SMILES string of the molecule is NC1=N[C@H](O)[C@@H]2[C@H]3O[C@@]4(O)O[C@H]([C@@H](O)[C@@]2(N1)[C@@H]4O)[C@]3(O)CO. The van der Waals surface area contributed by atoms with Crippen LogP contribution in [-0.2, 0) is 9.47 Å². The molecule has 4 heterocycles. The van der Waals surface area contributed by atoms with Gasteiger partial charge in [-0.15, -0.1) is 0 Å². The second-order valence-electron chi connectivity index (χ2n) is 6.22. The van der Waals surface area contributed by atoms with E-state index in [9.17, 15) is 30.6 Å². The molecule has 11 nitrogen and oxygen atoms in total. The molecule has 5 rings (SSSR count). The Balaban J connectivity index is 1.95. The molecule has 124 valence electrons. The molecule has 4 bridgehead atoms. The van der Waals surface area contributed by atoms with Gasteiger partial charge in [0.05, 0.1) is 12.5 Å². The molecule has 1 spiro atoms. The van der Waals surface area contributed by atoms with E-state index in [1.54, 1.807) is 0 Å². The fourth-order valence-electron chi connectivity index (χ4n) is 4.24. The van der Waals surface area contributed by atoms with Crippen molar-refractivity contribution in [2.24, 2.45) is 16.6 Å². The van der Waals surface area contributed by atoms with Gasteiger partial charge in [0.25, 0.3) is 0 Å². The molecule has 0 aromatic carbocycles. The van der Waals surface area contributed by atoms with Crippen molar-refractivity contribution in [2.45, 2.75) is 47.8 Å². The van der Waals surface area contributed by atoms with Crippen LogP contribution in [0.25, 0.3) is 0 Å². The summed E-state index contributed by atoms with van der Waals surface area (Å²) in [6.45, 7) is -0.857. The molecule has 0 unspecified atom stereocenters. The molecule has 9 atom stereocenters. The minimum atomic E-state index is -2.52. The zero-order valence-corrected chi connectivity index (χ0v) is 11.2. The molecule has 5 aliphatic rings. The number of hydrogen-bond donors (Lipinski definition) is 8. The van der Waals surface area contributed by atoms with Crippen LogP contribution in [0, 0.1) is 5.92 Å². The minimum absolute atomic E-state index is 0.250. The quantitative estimate of drug-likeness (QED) is 0.231. The van der Waals surface area contributed by atoms with Gasteiger partial charge in [-0.3, -0.25) is 0 Å². The summed E-state index contributed by atoms with van der Waals surface area (Å²) in [5.41, 5.74) is 1.74. The largest absolute Gasteiger partial charge is 0.393 e. The van der Waals surface area contributed by atoms with Crippen molar-refractivity contribution in [3.8, 4) is 0 Å². The maximum atomic E-state index is 10.6. The van der Waals surface area contributed by atoms with Gasteiger partial charge in [-0.1, -0.05) is 0 Å². The molecular weight excluding hydrogens is 302 g/mol. The molecule has 0 radical (unpaired) electrons. The summed E-state index contributed by atoms with van der Waals surface area (Å²) in [4.78, 5) is 3.70. The highest BCUT2D eigenvalue weighted by molar-refractivity contribution is 5.80. The first kappa shape index (κ1) is 14.5. The van der Waals surface area contributed by atoms with E-state index in [0.29, 0.717) is 0 Å². The molecule has 22 heavy (non-hydrogen) atoms. The van der Waals surface area contributed by atoms with Gasteiger partial charge in [0.2, 0.25) is 0 Å². The van der Waals surface area contributed by atoms with E-state index in [1.165, 1.54) is 0 Å². The average Bonchev–Trinajstić information content (AvgIpc) is 2.45. The zero-order chi connectivity index (χ0) is 16.1. The molecule has 11 heteroatoms. The first-order valence-corrected chi connectivity index (χ1v) is 6.77. The van der Waals surface area contributed by atoms with E-state index >= 15 is 0 Å². The van der Waals surface area contributed by atoms with Crippen LogP contribution in [0.2, 0.25) is 0 Å². The Morgan fingerprint density at radius 3 is 2.45 bits per heavy atom. The second-order valence-corrected chi connectivity index (χ2v) is 6.22. The monoisotopic (exact) mass is 319 g/mol. The Labute approximate surface area is 123 Å². The molecular formula is C11H17N3O8. The standard InChI is InChI=1S/C11H17N3O8/c12-8-13-6(17)2-4-9(19,1-15)5-3(16)10(2,14-8)7(18)11(20,21-4)22-5/h2-7,15-20H,1H2,(H3,12,13,14)/t2-,3+,4+,5+,6+,7-,9-,10+,11+/m0/s1. The number of guanidine groups is 1. The molecule has 4 aliphatic heterocycles. The topological polar surface area (TPSA) is 190 Å². The van der Waals surface area contributed by atoms with Crippen molar-refractivity contribution in [1.29, 1.82) is 0 Å². The number of nitrogens with one attached hydrogen (secondary N) is 1. The van der Waals surface area contributed by atoms with Gasteiger partial charge in [0.1, 0.15) is 29.5 Å². The molecule has 4 fully saturated rings. The van der Waals surface area contributed by atoms with Crippen LogP contribution in [0.5, 0.6) is 0 Å². The molecule has 0 aromatic rings. The summed E-state index contributed by atoms with van der Waals surface area (Å²) in [6, 6.07) is 0. The van der Waals surface area contributed by atoms with Gasteiger partial charge in [-0.05, 0) is 0 Å². The normalized spacial score (nSPS) is 62.4. The van der Waals surface area contributed by atoms with Gasteiger partial charge < -0.3 is 51.2 Å². The lowest BCUT2D eigenvalue weighted by molar-refractivity contribution is -0.548. The predicted octanol–water partition coefficient (Wildman–Crippen LogP) is -5.52. The third-order valence-electron chi connectivity index (χ3n) is 5.22. The molecule has 9 N–H and O–H groups in total. The number of nitrogens with zero attached hydrogens (tertiary/aromatic N) is 1. The average molecular weight is 319 g/mol. The first-order chi connectivity index (χ1) is 10.2. The number of ether oxygens (including phenoxy) is 2. The second kappa shape index (κ2) is 3.88. The molecule has 3 saturated heterocycles. The highest BCUT2D eigenvalue weighted by Crippen LogP contribution is 2.58. The summed E-state index contributed by atoms with van der Waals surface area (Å²) in [7, 11) is 0. The van der Waals surface area contributed by atoms with Crippen LogP contribution >= 0.6 is 0 Å². The van der Waals surface area contributed by atoms with E-state index in [1.807, 2.05) is 0 Å². The third-order valence-corrected chi connectivity index (χ3v) is 5.22. The van der Waals surface area contributed by atoms with E-state index in [4.69, 9.17) is 15.2 Å². The molecule has 1 saturated carbocycles. The van der Waals surface area contributed by atoms with Crippen LogP contribution in [0.1, 0.15) is 0 Å². The summed E-state index contributed by atoms with van der Waals surface area (Å²) in [6.07, 6.45) is -7.77. The van der Waals surface area contributed by atoms with Crippen LogP contribution in [0.15, 0.2) is 4.99 Å². The van der Waals surface area contributed by atoms with Crippen molar-refractivity contribution in [3.05, 3.63) is 0 Å². The van der Waals surface area contributed by atoms with Crippen molar-refractivity contribution < 1.29 is 40.1 Å². The van der Waals surface area contributed by atoms with E-state index in [-0.39, 0.29) is 5.96 Å². The molecule has 0 amide bonds. The van der Waals surface area contributed by atoms with Crippen molar-refractivity contribution in [1.82, 2.24) is 5.32 Å². The smallest absolute Gasteiger partial charge is 0.311 e. The van der Waals surface area contributed by atoms with Crippen molar-refractivity contribution in [2.75, 3.05) is 6.61 Å². The first-order valence-electron chi connectivity index (χ1n) is 6.77. The predicted molar refractivity (Wildman–Crippen MR) is 65.7 cm³/mol. The van der Waals surface area contributed by atoms with Crippen molar-refractivity contribution in [3.63, 3.8) is 0 Å². The lowest BCUT2D eigenvalue weighted by atomic mass is 9.55. The molecule has 0 aromatic heterocycles. The van der Waals surface area contributed by atoms with Gasteiger partial charge in [0.15, 0.2) is 18.3 Å². The molecule has 1 aliphatic carbocycles. The Morgan fingerprint density at radius 2 is 1.82 bits per heavy atom. The van der Waals surface area contributed by atoms with Crippen LogP contribution in [0.4, 0.5) is 0 Å². The van der Waals surface area contributed by atoms with Gasteiger partial charge in [-0.2, -0.15) is 0 Å². The lowest BCUT2D eigenvalue weighted by Gasteiger charge is -2.71. The number of hydrogen-bond acceptors (Lipinski definition) is 11. The number of aliphatic hydroxyl groups is 6. The summed E-state index contributed by atoms with van der Waals surface area (Å²) >= 11 is 0. The summed E-state index contributed by atoms with van der Waals surface area (Å²) in [5, 5.41) is 64.3. The lowest BCUT2D eigenvalue weighted by Crippen LogP contribution is -2.95. The highest BCUT2D eigenvalue weighted by atomic mass is 16.9. The Morgan fingerprint density at radius 1 is 1.18 bits per heavy atom. The van der Waals surface area contributed by atoms with Crippen LogP contribution in [-0.4, -0.2) is 91.0 Å². The summed E-state index contributed by atoms with van der Waals surface area (Å²) in [5.74, 6) is -3.95. The fourth-order valence-corrected chi connectivity index (χ4v) is 4.24.